The van der Waals surface area contributed by atoms with Crippen LogP contribution in [0.5, 0.6) is 0 Å². The molecular weight excluding hydrogens is 314 g/mol. The van der Waals surface area contributed by atoms with Crippen molar-refractivity contribution in [1.82, 2.24) is 0 Å². The molecule has 1 N–H and O–H groups in total. The second kappa shape index (κ2) is 6.38. The Balaban J connectivity index is 1.66. The Labute approximate surface area is 145 Å². The number of carbonyl (C=O) groups is 1. The van der Waals surface area contributed by atoms with Crippen LogP contribution in [0, 0.1) is 0 Å². The Hall–Kier alpha value is -2.78. The van der Waals surface area contributed by atoms with Crippen LogP contribution in [0.25, 0.3) is 6.08 Å². The summed E-state index contributed by atoms with van der Waals surface area (Å²) in [6.07, 6.45) is 3.49. The van der Waals surface area contributed by atoms with Gasteiger partial charge in [0.25, 0.3) is 0 Å². The zero-order valence-corrected chi connectivity index (χ0v) is 13.7. The standard InChI is InChI=1S/C21H15NOS/c23-18(14-13-15-7-2-1-3-8-15)16-9-6-12-20-21(16)22-17-10-4-5-11-19(17)24-20/h1-14,22H. The smallest absolute Gasteiger partial charge is 0.187 e. The monoisotopic (exact) mass is 329 g/mol. The van der Waals surface area contributed by atoms with E-state index in [0.29, 0.717) is 5.56 Å². The molecule has 0 saturated heterocycles. The lowest BCUT2D eigenvalue weighted by atomic mass is 10.1. The Morgan fingerprint density at radius 1 is 0.833 bits per heavy atom. The van der Waals surface area contributed by atoms with Crippen molar-refractivity contribution in [3.05, 3.63) is 90.0 Å². The number of anilines is 2. The Morgan fingerprint density at radius 3 is 2.46 bits per heavy atom. The third-order valence-corrected chi connectivity index (χ3v) is 5.02. The van der Waals surface area contributed by atoms with Gasteiger partial charge in [-0.2, -0.15) is 0 Å². The van der Waals surface area contributed by atoms with Crippen molar-refractivity contribution in [3.8, 4) is 0 Å². The van der Waals surface area contributed by atoms with Crippen LogP contribution in [0.4, 0.5) is 11.4 Å². The average Bonchev–Trinajstić information content (AvgIpc) is 2.64. The fourth-order valence-electron chi connectivity index (χ4n) is 2.69. The number of nitrogens with one attached hydrogen (secondary N) is 1. The number of hydrogen-bond donors (Lipinski definition) is 1. The number of fused-ring (bicyclic) bond motifs is 2. The molecule has 2 nitrogen and oxygen atoms in total. The molecule has 24 heavy (non-hydrogen) atoms. The SMILES string of the molecule is O=C(C=Cc1ccccc1)c1cccc2c1Nc1ccccc1S2. The number of ketones is 1. The van der Waals surface area contributed by atoms with Crippen molar-refractivity contribution < 1.29 is 4.79 Å². The largest absolute Gasteiger partial charge is 0.353 e. The highest BCUT2D eigenvalue weighted by Gasteiger charge is 2.20. The van der Waals surface area contributed by atoms with Crippen molar-refractivity contribution in [3.63, 3.8) is 0 Å². The summed E-state index contributed by atoms with van der Waals surface area (Å²) < 4.78 is 0. The van der Waals surface area contributed by atoms with Gasteiger partial charge < -0.3 is 5.32 Å². The van der Waals surface area contributed by atoms with Gasteiger partial charge in [0.15, 0.2) is 5.78 Å². The van der Waals surface area contributed by atoms with E-state index in [0.717, 1.165) is 21.8 Å². The van der Waals surface area contributed by atoms with Gasteiger partial charge in [-0.05, 0) is 35.9 Å². The highest BCUT2D eigenvalue weighted by atomic mass is 32.2. The zero-order valence-electron chi connectivity index (χ0n) is 12.9. The molecule has 116 valence electrons. The van der Waals surface area contributed by atoms with Crippen molar-refractivity contribution in [2.75, 3.05) is 5.32 Å². The van der Waals surface area contributed by atoms with Crippen LogP contribution in [0.15, 0.2) is 88.7 Å². The summed E-state index contributed by atoms with van der Waals surface area (Å²) in [5, 5.41) is 3.41. The van der Waals surface area contributed by atoms with Gasteiger partial charge in [-0.25, -0.2) is 0 Å². The molecule has 1 aliphatic heterocycles. The number of rotatable bonds is 3. The molecular formula is C21H15NOS. The summed E-state index contributed by atoms with van der Waals surface area (Å²) in [5.41, 5.74) is 3.65. The minimum Gasteiger partial charge on any atom is -0.353 e. The van der Waals surface area contributed by atoms with E-state index in [1.165, 1.54) is 4.90 Å². The summed E-state index contributed by atoms with van der Waals surface area (Å²) in [4.78, 5) is 14.9. The highest BCUT2D eigenvalue weighted by molar-refractivity contribution is 7.99. The molecule has 0 amide bonds. The Morgan fingerprint density at radius 2 is 1.58 bits per heavy atom. The van der Waals surface area contributed by atoms with E-state index in [1.807, 2.05) is 72.8 Å². The molecule has 0 aromatic heterocycles. The maximum Gasteiger partial charge on any atom is 0.187 e. The third kappa shape index (κ3) is 2.86. The normalized spacial score (nSPS) is 12.3. The van der Waals surface area contributed by atoms with E-state index in [1.54, 1.807) is 17.8 Å². The average molecular weight is 329 g/mol. The topological polar surface area (TPSA) is 29.1 Å². The lowest BCUT2D eigenvalue weighted by molar-refractivity contribution is 0.104. The Kier molecular flexibility index (Phi) is 3.93. The molecule has 0 bridgehead atoms. The van der Waals surface area contributed by atoms with Crippen LogP contribution in [-0.4, -0.2) is 5.78 Å². The maximum absolute atomic E-state index is 12.7. The second-order valence-corrected chi connectivity index (χ2v) is 6.59. The zero-order chi connectivity index (χ0) is 16.4. The van der Waals surface area contributed by atoms with E-state index in [2.05, 4.69) is 11.4 Å². The molecule has 1 aliphatic rings. The van der Waals surface area contributed by atoms with Gasteiger partial charge in [0.1, 0.15) is 0 Å². The number of benzene rings is 3. The van der Waals surface area contributed by atoms with Gasteiger partial charge in [-0.3, -0.25) is 4.79 Å². The molecule has 0 atom stereocenters. The predicted octanol–water partition coefficient (Wildman–Crippen LogP) is 5.79. The molecule has 3 aromatic carbocycles. The van der Waals surface area contributed by atoms with E-state index in [9.17, 15) is 4.79 Å². The van der Waals surface area contributed by atoms with Crippen molar-refractivity contribution >= 4 is 35.0 Å². The first kappa shape index (κ1) is 14.8. The van der Waals surface area contributed by atoms with Crippen LogP contribution in [-0.2, 0) is 0 Å². The van der Waals surface area contributed by atoms with Crippen LogP contribution in [0.1, 0.15) is 15.9 Å². The molecule has 0 radical (unpaired) electrons. The fourth-order valence-corrected chi connectivity index (χ4v) is 3.71. The molecule has 0 spiro atoms. The number of carbonyl (C=O) groups excluding carboxylic acids is 1. The van der Waals surface area contributed by atoms with Gasteiger partial charge >= 0.3 is 0 Å². The second-order valence-electron chi connectivity index (χ2n) is 5.51. The first-order valence-electron chi connectivity index (χ1n) is 7.76. The first-order valence-corrected chi connectivity index (χ1v) is 8.57. The molecule has 3 heteroatoms. The molecule has 0 unspecified atom stereocenters. The Bertz CT molecular complexity index is 932. The fraction of sp³-hybridized carbons (Fsp3) is 0. The van der Waals surface area contributed by atoms with E-state index in [-0.39, 0.29) is 5.78 Å². The molecule has 1 heterocycles. The van der Waals surface area contributed by atoms with Gasteiger partial charge in [0, 0.05) is 15.4 Å². The molecule has 3 aromatic rings. The van der Waals surface area contributed by atoms with Crippen LogP contribution in [0.3, 0.4) is 0 Å². The summed E-state index contributed by atoms with van der Waals surface area (Å²) in [5.74, 6) is 0.00295. The van der Waals surface area contributed by atoms with Crippen LogP contribution in [0.2, 0.25) is 0 Å². The van der Waals surface area contributed by atoms with Gasteiger partial charge in [-0.1, -0.05) is 66.4 Å². The van der Waals surface area contributed by atoms with Crippen LogP contribution < -0.4 is 5.32 Å². The van der Waals surface area contributed by atoms with E-state index >= 15 is 0 Å². The summed E-state index contributed by atoms with van der Waals surface area (Å²) in [6.45, 7) is 0. The van der Waals surface area contributed by atoms with Crippen molar-refractivity contribution in [2.45, 2.75) is 9.79 Å². The summed E-state index contributed by atoms with van der Waals surface area (Å²) >= 11 is 1.69. The minimum absolute atomic E-state index is 0.00295. The van der Waals surface area contributed by atoms with Crippen LogP contribution >= 0.6 is 11.8 Å². The van der Waals surface area contributed by atoms with E-state index < -0.39 is 0 Å². The molecule has 0 saturated carbocycles. The maximum atomic E-state index is 12.7. The van der Waals surface area contributed by atoms with Crippen molar-refractivity contribution in [1.29, 1.82) is 0 Å². The first-order chi connectivity index (χ1) is 11.8. The third-order valence-electron chi connectivity index (χ3n) is 3.89. The number of hydrogen-bond acceptors (Lipinski definition) is 3. The summed E-state index contributed by atoms with van der Waals surface area (Å²) in [7, 11) is 0. The predicted molar refractivity (Wildman–Crippen MR) is 100 cm³/mol. The quantitative estimate of drug-likeness (QED) is 0.381. The van der Waals surface area contributed by atoms with Crippen molar-refractivity contribution in [2.24, 2.45) is 0 Å². The lowest BCUT2D eigenvalue weighted by Gasteiger charge is -2.22. The van der Waals surface area contributed by atoms with Gasteiger partial charge in [-0.15, -0.1) is 0 Å². The van der Waals surface area contributed by atoms with Gasteiger partial charge in [0.05, 0.1) is 11.4 Å². The van der Waals surface area contributed by atoms with Gasteiger partial charge in [0.2, 0.25) is 0 Å². The number of allylic oxidation sites excluding steroid dienone is 1. The lowest BCUT2D eigenvalue weighted by Crippen LogP contribution is -2.06. The molecule has 4 rings (SSSR count). The highest BCUT2D eigenvalue weighted by Crippen LogP contribution is 2.45. The van der Waals surface area contributed by atoms with E-state index in [4.69, 9.17) is 0 Å². The minimum atomic E-state index is 0.00295. The summed E-state index contributed by atoms with van der Waals surface area (Å²) in [6, 6.07) is 23.8. The molecule has 0 fully saturated rings. The number of para-hydroxylation sites is 2. The molecule has 0 aliphatic carbocycles.